The van der Waals surface area contributed by atoms with Gasteiger partial charge in [0.2, 0.25) is 11.8 Å². The molecule has 1 N–H and O–H groups in total. The molecule has 1 aliphatic heterocycles. The number of hydrogen-bond donors (Lipinski definition) is 1. The van der Waals surface area contributed by atoms with E-state index in [-0.39, 0.29) is 24.9 Å². The van der Waals surface area contributed by atoms with Gasteiger partial charge in [-0.05, 0) is 37.3 Å². The van der Waals surface area contributed by atoms with Gasteiger partial charge in [-0.15, -0.1) is 0 Å². The van der Waals surface area contributed by atoms with Gasteiger partial charge >= 0.3 is 0 Å². The van der Waals surface area contributed by atoms with Crippen LogP contribution in [0.5, 0.6) is 5.75 Å². The number of halogens is 2. The van der Waals surface area contributed by atoms with Gasteiger partial charge in [-0.2, -0.15) is 0 Å². The molecule has 7 nitrogen and oxygen atoms in total. The van der Waals surface area contributed by atoms with E-state index in [0.717, 1.165) is 0 Å². The molecule has 0 aliphatic carbocycles. The molecule has 29 heavy (non-hydrogen) atoms. The number of amides is 3. The third kappa shape index (κ3) is 4.81. The molecule has 0 radical (unpaired) electrons. The molecule has 3 rings (SSSR count). The number of carbonyl (C=O) groups excluding carboxylic acids is 3. The van der Waals surface area contributed by atoms with Crippen molar-refractivity contribution in [2.75, 3.05) is 30.4 Å². The summed E-state index contributed by atoms with van der Waals surface area (Å²) < 4.78 is 5.56. The second-order valence-corrected chi connectivity index (χ2v) is 7.39. The Balaban J connectivity index is 1.63. The molecule has 0 bridgehead atoms. The summed E-state index contributed by atoms with van der Waals surface area (Å²) in [6.45, 7) is 1.25. The van der Waals surface area contributed by atoms with Crippen LogP contribution in [0.2, 0.25) is 10.0 Å². The Hall–Kier alpha value is -2.77. The lowest BCUT2D eigenvalue weighted by molar-refractivity contribution is -0.134. The molecule has 2 aromatic rings. The van der Waals surface area contributed by atoms with E-state index in [1.807, 2.05) is 0 Å². The molecule has 0 saturated heterocycles. The number of hydrogen-bond acceptors (Lipinski definition) is 4. The molecule has 9 heteroatoms. The molecule has 1 aliphatic rings. The molecule has 0 aromatic heterocycles. The summed E-state index contributed by atoms with van der Waals surface area (Å²) in [5, 5.41) is 3.34. The quantitative estimate of drug-likeness (QED) is 0.781. The number of para-hydroxylation sites is 2. The predicted molar refractivity (Wildman–Crippen MR) is 112 cm³/mol. The molecule has 1 heterocycles. The number of anilines is 2. The van der Waals surface area contributed by atoms with Crippen LogP contribution in [0.3, 0.4) is 0 Å². The lowest BCUT2D eigenvalue weighted by atomic mass is 10.2. The van der Waals surface area contributed by atoms with Crippen LogP contribution in [0.15, 0.2) is 42.5 Å². The Bertz CT molecular complexity index is 966. The summed E-state index contributed by atoms with van der Waals surface area (Å²) in [5.74, 6) is -0.564. The van der Waals surface area contributed by atoms with Crippen LogP contribution in [0.4, 0.5) is 11.4 Å². The fourth-order valence-corrected chi connectivity index (χ4v) is 3.15. The molecule has 2 aromatic carbocycles. The summed E-state index contributed by atoms with van der Waals surface area (Å²) in [5.41, 5.74) is 0.994. The maximum atomic E-state index is 12.6. The largest absolute Gasteiger partial charge is 0.479 e. The lowest BCUT2D eigenvalue weighted by Gasteiger charge is -2.33. The van der Waals surface area contributed by atoms with Crippen LogP contribution >= 0.6 is 23.2 Å². The second kappa shape index (κ2) is 8.71. The van der Waals surface area contributed by atoms with E-state index in [0.29, 0.717) is 27.2 Å². The zero-order chi connectivity index (χ0) is 21.1. The minimum atomic E-state index is -0.694. The highest BCUT2D eigenvalue weighted by Gasteiger charge is 2.33. The number of rotatable bonds is 5. The van der Waals surface area contributed by atoms with Gasteiger partial charge in [0, 0.05) is 12.7 Å². The molecule has 1 unspecified atom stereocenters. The van der Waals surface area contributed by atoms with E-state index in [1.54, 1.807) is 43.3 Å². The van der Waals surface area contributed by atoms with Crippen molar-refractivity contribution in [3.05, 3.63) is 52.5 Å². The smallest absolute Gasteiger partial charge is 0.268 e. The van der Waals surface area contributed by atoms with E-state index in [9.17, 15) is 14.4 Å². The molecule has 1 atom stereocenters. The van der Waals surface area contributed by atoms with Crippen molar-refractivity contribution >= 4 is 52.3 Å². The molecule has 152 valence electrons. The summed E-state index contributed by atoms with van der Waals surface area (Å²) in [4.78, 5) is 40.0. The summed E-state index contributed by atoms with van der Waals surface area (Å²) in [6, 6.07) is 11.7. The zero-order valence-corrected chi connectivity index (χ0v) is 17.3. The zero-order valence-electron chi connectivity index (χ0n) is 15.8. The van der Waals surface area contributed by atoms with Gasteiger partial charge in [-0.25, -0.2) is 0 Å². The second-order valence-electron chi connectivity index (χ2n) is 6.58. The van der Waals surface area contributed by atoms with Crippen molar-refractivity contribution in [1.82, 2.24) is 4.90 Å². The van der Waals surface area contributed by atoms with Crippen LogP contribution in [0.25, 0.3) is 0 Å². The summed E-state index contributed by atoms with van der Waals surface area (Å²) in [6.07, 6.45) is -0.694. The first-order chi connectivity index (χ1) is 13.8. The van der Waals surface area contributed by atoms with Gasteiger partial charge in [-0.1, -0.05) is 35.3 Å². The van der Waals surface area contributed by atoms with Crippen molar-refractivity contribution in [2.45, 2.75) is 13.0 Å². The fourth-order valence-electron chi connectivity index (χ4n) is 2.86. The highest BCUT2D eigenvalue weighted by atomic mass is 35.5. The first kappa shape index (κ1) is 21.0. The van der Waals surface area contributed by atoms with Crippen LogP contribution in [-0.4, -0.2) is 48.9 Å². The Morgan fingerprint density at radius 2 is 1.90 bits per heavy atom. The number of likely N-dealkylation sites (N-methyl/N-ethyl adjacent to an activating group) is 1. The minimum Gasteiger partial charge on any atom is -0.479 e. The number of benzene rings is 2. The standard InChI is InChI=1S/C20H19Cl2N3O4/c1-12-20(28)25(16-5-3-4-6-17(16)29-12)11-19(27)24(2)10-18(26)23-13-7-8-14(21)15(22)9-13/h3-9,12H,10-11H2,1-2H3,(H,23,26). The number of fused-ring (bicyclic) bond motifs is 1. The third-order valence-electron chi connectivity index (χ3n) is 4.38. The monoisotopic (exact) mass is 435 g/mol. The molecular formula is C20H19Cl2N3O4. The van der Waals surface area contributed by atoms with Gasteiger partial charge in [0.05, 0.1) is 22.3 Å². The average Bonchev–Trinajstić information content (AvgIpc) is 2.68. The summed E-state index contributed by atoms with van der Waals surface area (Å²) >= 11 is 11.8. The average molecular weight is 436 g/mol. The van der Waals surface area contributed by atoms with Crippen molar-refractivity contribution in [1.29, 1.82) is 0 Å². The molecule has 0 fully saturated rings. The van der Waals surface area contributed by atoms with Crippen molar-refractivity contribution in [3.63, 3.8) is 0 Å². The fraction of sp³-hybridized carbons (Fsp3) is 0.250. The number of carbonyl (C=O) groups is 3. The van der Waals surface area contributed by atoms with Crippen LogP contribution in [0, 0.1) is 0 Å². The van der Waals surface area contributed by atoms with E-state index in [4.69, 9.17) is 27.9 Å². The number of nitrogens with one attached hydrogen (secondary N) is 1. The first-order valence-electron chi connectivity index (χ1n) is 8.82. The van der Waals surface area contributed by atoms with Gasteiger partial charge in [0.1, 0.15) is 12.3 Å². The van der Waals surface area contributed by atoms with Gasteiger partial charge in [0.25, 0.3) is 5.91 Å². The maximum Gasteiger partial charge on any atom is 0.268 e. The van der Waals surface area contributed by atoms with E-state index in [2.05, 4.69) is 5.32 Å². The number of ether oxygens (including phenoxy) is 1. The minimum absolute atomic E-state index is 0.186. The van der Waals surface area contributed by atoms with Crippen LogP contribution in [-0.2, 0) is 14.4 Å². The summed E-state index contributed by atoms with van der Waals surface area (Å²) in [7, 11) is 1.50. The first-order valence-corrected chi connectivity index (χ1v) is 9.58. The van der Waals surface area contributed by atoms with Crippen LogP contribution < -0.4 is 15.0 Å². The highest BCUT2D eigenvalue weighted by Crippen LogP contribution is 2.33. The predicted octanol–water partition coefficient (Wildman–Crippen LogP) is 3.20. The van der Waals surface area contributed by atoms with Crippen LogP contribution in [0.1, 0.15) is 6.92 Å². The lowest BCUT2D eigenvalue weighted by Crippen LogP contribution is -2.49. The van der Waals surface area contributed by atoms with E-state index >= 15 is 0 Å². The highest BCUT2D eigenvalue weighted by molar-refractivity contribution is 6.42. The van der Waals surface area contributed by atoms with E-state index in [1.165, 1.54) is 22.9 Å². The van der Waals surface area contributed by atoms with Crippen molar-refractivity contribution in [2.24, 2.45) is 0 Å². The van der Waals surface area contributed by atoms with E-state index < -0.39 is 12.0 Å². The van der Waals surface area contributed by atoms with Gasteiger partial charge in [0.15, 0.2) is 6.10 Å². The van der Waals surface area contributed by atoms with Gasteiger partial charge < -0.3 is 15.0 Å². The molecule has 0 saturated carbocycles. The van der Waals surface area contributed by atoms with Gasteiger partial charge in [-0.3, -0.25) is 19.3 Å². The van der Waals surface area contributed by atoms with Crippen molar-refractivity contribution in [3.8, 4) is 5.75 Å². The Morgan fingerprint density at radius 3 is 2.62 bits per heavy atom. The molecular weight excluding hydrogens is 417 g/mol. The Morgan fingerprint density at radius 1 is 1.17 bits per heavy atom. The maximum absolute atomic E-state index is 12.6. The Labute approximate surface area is 178 Å². The Kier molecular flexibility index (Phi) is 6.30. The number of nitrogens with zero attached hydrogens (tertiary/aromatic N) is 2. The molecule has 0 spiro atoms. The normalized spacial score (nSPS) is 15.4. The third-order valence-corrected chi connectivity index (χ3v) is 5.12. The van der Waals surface area contributed by atoms with Crippen molar-refractivity contribution < 1.29 is 19.1 Å². The SMILES string of the molecule is CC1Oc2ccccc2N(CC(=O)N(C)CC(=O)Nc2ccc(Cl)c(Cl)c2)C1=O. The molecule has 3 amide bonds. The topological polar surface area (TPSA) is 79.0 Å².